The van der Waals surface area contributed by atoms with Crippen LogP contribution in [0.5, 0.6) is 0 Å². The molecule has 0 saturated carbocycles. The molecule has 2 unspecified atom stereocenters. The summed E-state index contributed by atoms with van der Waals surface area (Å²) in [6.45, 7) is 2.16. The summed E-state index contributed by atoms with van der Waals surface area (Å²) < 4.78 is 0. The highest BCUT2D eigenvalue weighted by atomic mass is 15.1. The zero-order valence-electron chi connectivity index (χ0n) is 4.94. The molecule has 44 valence electrons. The molecule has 3 N–H and O–H groups in total. The maximum absolute atomic E-state index is 5.71. The second-order valence-electron chi connectivity index (χ2n) is 2.65. The number of rotatable bonds is 0. The van der Waals surface area contributed by atoms with Crippen LogP contribution in [0.15, 0.2) is 11.3 Å². The molecule has 1 fully saturated rings. The Morgan fingerprint density at radius 1 is 1.75 bits per heavy atom. The van der Waals surface area contributed by atoms with E-state index in [0.29, 0.717) is 12.1 Å². The molecule has 0 aromatic carbocycles. The number of hydrogen-bond acceptors (Lipinski definition) is 2. The third kappa shape index (κ3) is 0.293. The standard InChI is InChI=1S/C6H10N2/c1-3-5-2-4(7)6(3)8-5/h4,6,8H,2,7H2,1H3. The minimum absolute atomic E-state index is 0.380. The van der Waals surface area contributed by atoms with Crippen molar-refractivity contribution in [3.05, 3.63) is 11.3 Å². The molecule has 1 aliphatic carbocycles. The molecule has 0 amide bonds. The Kier molecular flexibility index (Phi) is 0.591. The van der Waals surface area contributed by atoms with Crippen molar-refractivity contribution in [3.63, 3.8) is 0 Å². The maximum Gasteiger partial charge on any atom is 0.0642 e. The monoisotopic (exact) mass is 110 g/mol. The summed E-state index contributed by atoms with van der Waals surface area (Å²) in [5.41, 5.74) is 8.58. The van der Waals surface area contributed by atoms with Crippen LogP contribution < -0.4 is 11.1 Å². The summed E-state index contributed by atoms with van der Waals surface area (Å²) in [6, 6.07) is 0.912. The Hall–Kier alpha value is -0.500. The predicted molar refractivity (Wildman–Crippen MR) is 32.2 cm³/mol. The number of hydrogen-bond donors (Lipinski definition) is 2. The number of nitrogens with one attached hydrogen (secondary N) is 1. The van der Waals surface area contributed by atoms with E-state index >= 15 is 0 Å². The van der Waals surface area contributed by atoms with Crippen molar-refractivity contribution in [3.8, 4) is 0 Å². The van der Waals surface area contributed by atoms with Crippen molar-refractivity contribution in [2.45, 2.75) is 25.4 Å². The molecule has 2 atom stereocenters. The van der Waals surface area contributed by atoms with Gasteiger partial charge in [-0.2, -0.15) is 0 Å². The van der Waals surface area contributed by atoms with Crippen molar-refractivity contribution in [2.75, 3.05) is 0 Å². The highest BCUT2D eigenvalue weighted by molar-refractivity contribution is 5.37. The first kappa shape index (κ1) is 4.39. The summed E-state index contributed by atoms with van der Waals surface area (Å²) >= 11 is 0. The molecule has 0 aromatic rings. The smallest absolute Gasteiger partial charge is 0.0642 e. The fourth-order valence-electron chi connectivity index (χ4n) is 1.52. The van der Waals surface area contributed by atoms with Crippen LogP contribution in [-0.4, -0.2) is 12.1 Å². The molecule has 2 aliphatic heterocycles. The average molecular weight is 110 g/mol. The van der Waals surface area contributed by atoms with Crippen LogP contribution in [0.2, 0.25) is 0 Å². The zero-order chi connectivity index (χ0) is 5.72. The highest BCUT2D eigenvalue weighted by Gasteiger charge is 2.38. The van der Waals surface area contributed by atoms with Crippen molar-refractivity contribution in [1.29, 1.82) is 0 Å². The number of fused-ring (bicyclic) bond motifs is 1. The lowest BCUT2D eigenvalue weighted by Gasteiger charge is -2.24. The molecule has 3 rings (SSSR count). The minimum atomic E-state index is 0.380. The van der Waals surface area contributed by atoms with E-state index < -0.39 is 0 Å². The van der Waals surface area contributed by atoms with Gasteiger partial charge in [0, 0.05) is 18.2 Å². The van der Waals surface area contributed by atoms with E-state index in [1.165, 1.54) is 11.3 Å². The third-order valence-electron chi connectivity index (χ3n) is 2.14. The summed E-state index contributed by atoms with van der Waals surface area (Å²) in [6.07, 6.45) is 1.08. The molecule has 0 aromatic heterocycles. The largest absolute Gasteiger partial charge is 0.380 e. The molecule has 2 bridgehead atoms. The van der Waals surface area contributed by atoms with E-state index in [0.717, 1.165) is 6.42 Å². The Balaban J connectivity index is 2.30. The first-order chi connectivity index (χ1) is 3.79. The SMILES string of the molecule is CC1=C2CC(N)C1N2. The fourth-order valence-corrected chi connectivity index (χ4v) is 1.52. The summed E-state index contributed by atoms with van der Waals surface area (Å²) in [5, 5.41) is 3.27. The molecule has 0 spiro atoms. The predicted octanol–water partition coefficient (Wildman–Crippen LogP) is -0.0368. The van der Waals surface area contributed by atoms with Crippen molar-refractivity contribution >= 4 is 0 Å². The van der Waals surface area contributed by atoms with E-state index in [1.807, 2.05) is 0 Å². The molecule has 2 heterocycles. The quantitative estimate of drug-likeness (QED) is 0.459. The molecule has 2 nitrogen and oxygen atoms in total. The van der Waals surface area contributed by atoms with Gasteiger partial charge >= 0.3 is 0 Å². The lowest BCUT2D eigenvalue weighted by Crippen LogP contribution is -2.41. The lowest BCUT2D eigenvalue weighted by molar-refractivity contribution is 0.585. The van der Waals surface area contributed by atoms with Crippen LogP contribution in [0.1, 0.15) is 13.3 Å². The molecular weight excluding hydrogens is 100 g/mol. The third-order valence-corrected chi connectivity index (χ3v) is 2.14. The van der Waals surface area contributed by atoms with Crippen LogP contribution in [0, 0.1) is 0 Å². The van der Waals surface area contributed by atoms with Crippen LogP contribution in [0.3, 0.4) is 0 Å². The summed E-state index contributed by atoms with van der Waals surface area (Å²) in [7, 11) is 0. The van der Waals surface area contributed by atoms with Crippen molar-refractivity contribution in [1.82, 2.24) is 5.32 Å². The Morgan fingerprint density at radius 3 is 2.62 bits per heavy atom. The molecule has 2 heteroatoms. The average Bonchev–Trinajstić information content (AvgIpc) is 2.19. The van der Waals surface area contributed by atoms with Gasteiger partial charge in [0.25, 0.3) is 0 Å². The Morgan fingerprint density at radius 2 is 2.50 bits per heavy atom. The van der Waals surface area contributed by atoms with Gasteiger partial charge in [-0.25, -0.2) is 0 Å². The van der Waals surface area contributed by atoms with E-state index in [2.05, 4.69) is 12.2 Å². The topological polar surface area (TPSA) is 38.0 Å². The molecule has 3 aliphatic rings. The van der Waals surface area contributed by atoms with E-state index in [-0.39, 0.29) is 0 Å². The Bertz CT molecular complexity index is 160. The van der Waals surface area contributed by atoms with Crippen LogP contribution >= 0.6 is 0 Å². The van der Waals surface area contributed by atoms with Crippen molar-refractivity contribution in [2.24, 2.45) is 5.73 Å². The first-order valence-electron chi connectivity index (χ1n) is 3.01. The van der Waals surface area contributed by atoms with Gasteiger partial charge in [0.05, 0.1) is 6.04 Å². The lowest BCUT2D eigenvalue weighted by atomic mass is 10.1. The van der Waals surface area contributed by atoms with Gasteiger partial charge in [0.2, 0.25) is 0 Å². The highest BCUT2D eigenvalue weighted by Crippen LogP contribution is 2.32. The summed E-state index contributed by atoms with van der Waals surface area (Å²) in [5.74, 6) is 0. The van der Waals surface area contributed by atoms with Gasteiger partial charge in [-0.05, 0) is 12.5 Å². The van der Waals surface area contributed by atoms with Gasteiger partial charge in [0.15, 0.2) is 0 Å². The van der Waals surface area contributed by atoms with Crippen LogP contribution in [-0.2, 0) is 0 Å². The van der Waals surface area contributed by atoms with Gasteiger partial charge in [-0.3, -0.25) is 0 Å². The second-order valence-corrected chi connectivity index (χ2v) is 2.65. The zero-order valence-corrected chi connectivity index (χ0v) is 4.94. The minimum Gasteiger partial charge on any atom is -0.380 e. The van der Waals surface area contributed by atoms with Crippen molar-refractivity contribution < 1.29 is 0 Å². The van der Waals surface area contributed by atoms with E-state index in [9.17, 15) is 0 Å². The van der Waals surface area contributed by atoms with Gasteiger partial charge in [-0.15, -0.1) is 0 Å². The molecule has 8 heavy (non-hydrogen) atoms. The van der Waals surface area contributed by atoms with Crippen LogP contribution in [0.4, 0.5) is 0 Å². The Labute approximate surface area is 48.8 Å². The summed E-state index contributed by atoms with van der Waals surface area (Å²) in [4.78, 5) is 0. The maximum atomic E-state index is 5.71. The number of nitrogens with two attached hydrogens (primary N) is 1. The molecular formula is C6H10N2. The van der Waals surface area contributed by atoms with E-state index in [4.69, 9.17) is 5.73 Å². The second kappa shape index (κ2) is 1.08. The van der Waals surface area contributed by atoms with Crippen LogP contribution in [0.25, 0.3) is 0 Å². The van der Waals surface area contributed by atoms with E-state index in [1.54, 1.807) is 0 Å². The normalized spacial score (nSPS) is 41.8. The van der Waals surface area contributed by atoms with Gasteiger partial charge in [0.1, 0.15) is 0 Å². The van der Waals surface area contributed by atoms with Gasteiger partial charge in [-0.1, -0.05) is 0 Å². The molecule has 0 radical (unpaired) electrons. The fraction of sp³-hybridized carbons (Fsp3) is 0.667. The molecule has 1 saturated heterocycles. The first-order valence-corrected chi connectivity index (χ1v) is 3.01. The van der Waals surface area contributed by atoms with Gasteiger partial charge < -0.3 is 11.1 Å².